The predicted octanol–water partition coefficient (Wildman–Crippen LogP) is 3.54. The minimum absolute atomic E-state index is 0.106. The lowest BCUT2D eigenvalue weighted by Crippen LogP contribution is -2.11. The minimum atomic E-state index is 0.106. The Bertz CT molecular complexity index is 462. The quantitative estimate of drug-likeness (QED) is 0.788. The van der Waals surface area contributed by atoms with Gasteiger partial charge in [-0.25, -0.2) is 0 Å². The van der Waals surface area contributed by atoms with Crippen LogP contribution in [0.25, 0.3) is 0 Å². The monoisotopic (exact) mass is 229 g/mol. The summed E-state index contributed by atoms with van der Waals surface area (Å²) in [6.07, 6.45) is 5.87. The van der Waals surface area contributed by atoms with Crippen LogP contribution < -0.4 is 5.73 Å². The second-order valence-corrected chi connectivity index (χ2v) is 4.66. The maximum atomic E-state index is 12.0. The number of carbonyl (C=O) groups excluding carboxylic acids is 1. The fourth-order valence-electron chi connectivity index (χ4n) is 2.72. The summed E-state index contributed by atoms with van der Waals surface area (Å²) >= 11 is 0. The normalized spacial score (nSPS) is 23.3. The molecule has 1 aromatic carbocycles. The van der Waals surface area contributed by atoms with E-state index < -0.39 is 0 Å². The highest BCUT2D eigenvalue weighted by Gasteiger charge is 2.25. The van der Waals surface area contributed by atoms with Crippen LogP contribution in [0.1, 0.15) is 48.5 Å². The summed E-state index contributed by atoms with van der Waals surface area (Å²) < 4.78 is 0. The number of hydrogen-bond donors (Lipinski definition) is 1. The molecule has 0 bridgehead atoms. The van der Waals surface area contributed by atoms with Crippen LogP contribution in [-0.2, 0) is 0 Å². The Labute approximate surface area is 103 Å². The number of anilines is 1. The van der Waals surface area contributed by atoms with Crippen molar-refractivity contribution in [2.24, 2.45) is 5.92 Å². The summed E-state index contributed by atoms with van der Waals surface area (Å²) in [6, 6.07) is 5.64. The summed E-state index contributed by atoms with van der Waals surface area (Å²) in [4.78, 5) is 12.0. The Kier molecular flexibility index (Phi) is 3.32. The summed E-state index contributed by atoms with van der Waals surface area (Å²) in [5.74, 6) is 0.947. The van der Waals surface area contributed by atoms with Crippen LogP contribution in [0.15, 0.2) is 30.4 Å². The van der Waals surface area contributed by atoms with Crippen LogP contribution in [0.2, 0.25) is 0 Å². The standard InChI is InChI=1S/C15H19NO/c1-3-10-5-8-15(17)13-7-6-11(16)9-14(13)12(10)4-2/h5-10,12H,3-4,16H2,1-2H3. The first-order chi connectivity index (χ1) is 8.17. The lowest BCUT2D eigenvalue weighted by molar-refractivity contribution is 0.104. The molecule has 0 aliphatic heterocycles. The topological polar surface area (TPSA) is 43.1 Å². The Morgan fingerprint density at radius 3 is 2.65 bits per heavy atom. The van der Waals surface area contributed by atoms with E-state index in [1.54, 1.807) is 6.08 Å². The third kappa shape index (κ3) is 2.12. The molecule has 0 amide bonds. The molecular formula is C15H19NO. The second kappa shape index (κ2) is 4.74. The molecule has 90 valence electrons. The van der Waals surface area contributed by atoms with E-state index in [4.69, 9.17) is 5.73 Å². The third-order valence-electron chi connectivity index (χ3n) is 3.66. The van der Waals surface area contributed by atoms with Gasteiger partial charge < -0.3 is 5.73 Å². The van der Waals surface area contributed by atoms with Crippen LogP contribution in [0.4, 0.5) is 5.69 Å². The van der Waals surface area contributed by atoms with Crippen molar-refractivity contribution in [2.45, 2.75) is 32.6 Å². The maximum Gasteiger partial charge on any atom is 0.185 e. The Balaban J connectivity index is 2.58. The van der Waals surface area contributed by atoms with E-state index in [1.807, 2.05) is 18.2 Å². The van der Waals surface area contributed by atoms with Gasteiger partial charge in [-0.3, -0.25) is 4.79 Å². The van der Waals surface area contributed by atoms with Gasteiger partial charge in [0.05, 0.1) is 0 Å². The van der Waals surface area contributed by atoms with Crippen molar-refractivity contribution in [2.75, 3.05) is 5.73 Å². The highest BCUT2D eigenvalue weighted by molar-refractivity contribution is 6.06. The minimum Gasteiger partial charge on any atom is -0.399 e. The highest BCUT2D eigenvalue weighted by atomic mass is 16.1. The van der Waals surface area contributed by atoms with Crippen molar-refractivity contribution in [3.63, 3.8) is 0 Å². The van der Waals surface area contributed by atoms with Crippen LogP contribution in [0.3, 0.4) is 0 Å². The van der Waals surface area contributed by atoms with Gasteiger partial charge in [-0.1, -0.05) is 19.9 Å². The number of rotatable bonds is 2. The molecule has 1 aliphatic rings. The molecule has 2 rings (SSSR count). The number of hydrogen-bond acceptors (Lipinski definition) is 2. The number of carbonyl (C=O) groups is 1. The average Bonchev–Trinajstić information content (AvgIpc) is 2.46. The van der Waals surface area contributed by atoms with Crippen molar-refractivity contribution >= 4 is 11.5 Å². The number of ketones is 1. The van der Waals surface area contributed by atoms with Gasteiger partial charge in [0.1, 0.15) is 0 Å². The van der Waals surface area contributed by atoms with Crippen LogP contribution in [0.5, 0.6) is 0 Å². The number of fused-ring (bicyclic) bond motifs is 1. The molecule has 0 aromatic heterocycles. The van der Waals surface area contributed by atoms with Gasteiger partial charge in [-0.2, -0.15) is 0 Å². The number of benzene rings is 1. The second-order valence-electron chi connectivity index (χ2n) is 4.66. The third-order valence-corrected chi connectivity index (χ3v) is 3.66. The molecule has 0 spiro atoms. The van der Waals surface area contributed by atoms with E-state index >= 15 is 0 Å². The molecular weight excluding hydrogens is 210 g/mol. The summed E-state index contributed by atoms with van der Waals surface area (Å²) in [5.41, 5.74) is 8.53. The van der Waals surface area contributed by atoms with Crippen molar-refractivity contribution in [1.82, 2.24) is 0 Å². The van der Waals surface area contributed by atoms with E-state index in [-0.39, 0.29) is 5.78 Å². The van der Waals surface area contributed by atoms with Gasteiger partial charge in [-0.15, -0.1) is 0 Å². The van der Waals surface area contributed by atoms with Gasteiger partial charge in [0.2, 0.25) is 0 Å². The molecule has 17 heavy (non-hydrogen) atoms. The number of allylic oxidation sites excluding steroid dienone is 2. The molecule has 0 heterocycles. The van der Waals surface area contributed by atoms with Gasteiger partial charge >= 0.3 is 0 Å². The molecule has 2 atom stereocenters. The lowest BCUT2D eigenvalue weighted by Gasteiger charge is -2.23. The van der Waals surface area contributed by atoms with E-state index in [2.05, 4.69) is 19.9 Å². The lowest BCUT2D eigenvalue weighted by atomic mass is 9.81. The van der Waals surface area contributed by atoms with E-state index in [0.717, 1.165) is 29.7 Å². The molecule has 2 nitrogen and oxygen atoms in total. The first-order valence-corrected chi connectivity index (χ1v) is 6.29. The Morgan fingerprint density at radius 1 is 1.24 bits per heavy atom. The zero-order valence-electron chi connectivity index (χ0n) is 10.4. The Morgan fingerprint density at radius 2 is 2.00 bits per heavy atom. The molecule has 0 saturated carbocycles. The van der Waals surface area contributed by atoms with Crippen molar-refractivity contribution in [1.29, 1.82) is 0 Å². The largest absolute Gasteiger partial charge is 0.399 e. The Hall–Kier alpha value is -1.57. The average molecular weight is 229 g/mol. The fraction of sp³-hybridized carbons (Fsp3) is 0.400. The SMILES string of the molecule is CCC1C=CC(=O)c2ccc(N)cc2C1CC. The van der Waals surface area contributed by atoms with Crippen LogP contribution in [0, 0.1) is 5.92 Å². The van der Waals surface area contributed by atoms with Gasteiger partial charge in [0, 0.05) is 11.3 Å². The predicted molar refractivity (Wildman–Crippen MR) is 71.1 cm³/mol. The molecule has 1 aliphatic carbocycles. The summed E-state index contributed by atoms with van der Waals surface area (Å²) in [7, 11) is 0. The maximum absolute atomic E-state index is 12.0. The highest BCUT2D eigenvalue weighted by Crippen LogP contribution is 2.36. The van der Waals surface area contributed by atoms with Gasteiger partial charge in [0.15, 0.2) is 5.78 Å². The first kappa shape index (κ1) is 11.9. The van der Waals surface area contributed by atoms with Crippen molar-refractivity contribution in [3.8, 4) is 0 Å². The molecule has 2 heteroatoms. The summed E-state index contributed by atoms with van der Waals surface area (Å²) in [6.45, 7) is 4.34. The molecule has 2 unspecified atom stereocenters. The zero-order chi connectivity index (χ0) is 12.4. The van der Waals surface area contributed by atoms with Crippen molar-refractivity contribution in [3.05, 3.63) is 41.5 Å². The number of nitrogens with two attached hydrogens (primary N) is 1. The van der Waals surface area contributed by atoms with Crippen LogP contribution >= 0.6 is 0 Å². The molecule has 0 saturated heterocycles. The molecule has 0 fully saturated rings. The van der Waals surface area contributed by atoms with Crippen molar-refractivity contribution < 1.29 is 4.79 Å². The first-order valence-electron chi connectivity index (χ1n) is 6.29. The molecule has 0 radical (unpaired) electrons. The molecule has 2 N–H and O–H groups in total. The molecule has 1 aromatic rings. The number of nitrogen functional groups attached to an aromatic ring is 1. The summed E-state index contributed by atoms with van der Waals surface area (Å²) in [5, 5.41) is 0. The smallest absolute Gasteiger partial charge is 0.185 e. The zero-order valence-corrected chi connectivity index (χ0v) is 10.4. The van der Waals surface area contributed by atoms with Gasteiger partial charge in [0.25, 0.3) is 0 Å². The van der Waals surface area contributed by atoms with E-state index in [0.29, 0.717) is 11.8 Å². The van der Waals surface area contributed by atoms with E-state index in [1.165, 1.54) is 0 Å². The fourth-order valence-corrected chi connectivity index (χ4v) is 2.72. The van der Waals surface area contributed by atoms with E-state index in [9.17, 15) is 4.79 Å². The van der Waals surface area contributed by atoms with Gasteiger partial charge in [-0.05, 0) is 54.5 Å². The van der Waals surface area contributed by atoms with Crippen LogP contribution in [-0.4, -0.2) is 5.78 Å².